The van der Waals surface area contributed by atoms with Gasteiger partial charge in [-0.2, -0.15) is 11.3 Å². The summed E-state index contributed by atoms with van der Waals surface area (Å²) in [6.45, 7) is 3.97. The smallest absolute Gasteiger partial charge is 0.252 e. The van der Waals surface area contributed by atoms with E-state index in [1.807, 2.05) is 15.7 Å². The third-order valence-corrected chi connectivity index (χ3v) is 4.16. The minimum Gasteiger partial charge on any atom is -0.351 e. The molecular weight excluding hydrogens is 274 g/mol. The summed E-state index contributed by atoms with van der Waals surface area (Å²) in [4.78, 5) is 28.0. The van der Waals surface area contributed by atoms with Gasteiger partial charge in [0.05, 0.1) is 0 Å². The second kappa shape index (κ2) is 7.40. The van der Waals surface area contributed by atoms with Crippen molar-refractivity contribution >= 4 is 23.2 Å². The maximum atomic E-state index is 12.1. The van der Waals surface area contributed by atoms with Gasteiger partial charge < -0.3 is 15.1 Å². The molecule has 1 N–H and O–H groups in total. The number of hydrogen-bond acceptors (Lipinski definition) is 4. The molecule has 1 aliphatic rings. The molecule has 110 valence electrons. The van der Waals surface area contributed by atoms with Gasteiger partial charge in [0.2, 0.25) is 5.91 Å². The van der Waals surface area contributed by atoms with Crippen molar-refractivity contribution < 1.29 is 9.59 Å². The lowest BCUT2D eigenvalue weighted by Gasteiger charge is -2.20. The zero-order chi connectivity index (χ0) is 14.4. The van der Waals surface area contributed by atoms with Crippen molar-refractivity contribution in [2.75, 3.05) is 39.8 Å². The largest absolute Gasteiger partial charge is 0.351 e. The van der Waals surface area contributed by atoms with Gasteiger partial charge in [-0.15, -0.1) is 0 Å². The van der Waals surface area contributed by atoms with Crippen LogP contribution in [0.3, 0.4) is 0 Å². The second-order valence-electron chi connectivity index (χ2n) is 5.06. The van der Waals surface area contributed by atoms with E-state index in [-0.39, 0.29) is 11.8 Å². The number of thiophene rings is 1. The third-order valence-electron chi connectivity index (χ3n) is 3.48. The molecule has 1 aromatic rings. The Morgan fingerprint density at radius 3 is 2.90 bits per heavy atom. The van der Waals surface area contributed by atoms with Crippen molar-refractivity contribution in [3.8, 4) is 0 Å². The number of nitrogens with zero attached hydrogens (tertiary/aromatic N) is 2. The van der Waals surface area contributed by atoms with Gasteiger partial charge in [-0.05, 0) is 31.5 Å². The van der Waals surface area contributed by atoms with Crippen LogP contribution in [0.15, 0.2) is 16.8 Å². The quantitative estimate of drug-likeness (QED) is 0.903. The summed E-state index contributed by atoms with van der Waals surface area (Å²) in [6.07, 6.45) is 1.39. The number of amides is 2. The minimum atomic E-state index is -0.102. The number of hydrogen-bond donors (Lipinski definition) is 1. The summed E-state index contributed by atoms with van der Waals surface area (Å²) < 4.78 is 0. The lowest BCUT2D eigenvalue weighted by molar-refractivity contribution is -0.130. The van der Waals surface area contributed by atoms with Crippen LogP contribution in [-0.4, -0.2) is 61.4 Å². The van der Waals surface area contributed by atoms with Crippen LogP contribution in [0.4, 0.5) is 0 Å². The van der Waals surface area contributed by atoms with Gasteiger partial charge in [0.15, 0.2) is 0 Å². The van der Waals surface area contributed by atoms with Gasteiger partial charge in [0.25, 0.3) is 5.91 Å². The SMILES string of the molecule is CN1CCCN(C(=O)CCNC(=O)c2ccsc2)CC1. The van der Waals surface area contributed by atoms with Gasteiger partial charge in [-0.3, -0.25) is 9.59 Å². The third kappa shape index (κ3) is 4.31. The average Bonchev–Trinajstić information content (AvgIpc) is 2.88. The van der Waals surface area contributed by atoms with E-state index in [0.717, 1.165) is 32.6 Å². The molecule has 2 heterocycles. The molecule has 1 fully saturated rings. The number of nitrogens with one attached hydrogen (secondary N) is 1. The maximum absolute atomic E-state index is 12.1. The van der Waals surface area contributed by atoms with Crippen molar-refractivity contribution in [1.29, 1.82) is 0 Å². The zero-order valence-corrected chi connectivity index (χ0v) is 12.6. The van der Waals surface area contributed by atoms with Crippen molar-refractivity contribution in [2.24, 2.45) is 0 Å². The Morgan fingerprint density at radius 1 is 1.30 bits per heavy atom. The monoisotopic (exact) mass is 295 g/mol. The van der Waals surface area contributed by atoms with Gasteiger partial charge in [-0.1, -0.05) is 0 Å². The van der Waals surface area contributed by atoms with Crippen molar-refractivity contribution in [3.63, 3.8) is 0 Å². The van der Waals surface area contributed by atoms with E-state index in [4.69, 9.17) is 0 Å². The molecule has 1 aromatic heterocycles. The fraction of sp³-hybridized carbons (Fsp3) is 0.571. The minimum absolute atomic E-state index is 0.102. The van der Waals surface area contributed by atoms with Crippen LogP contribution in [-0.2, 0) is 4.79 Å². The van der Waals surface area contributed by atoms with E-state index in [2.05, 4.69) is 17.3 Å². The van der Waals surface area contributed by atoms with E-state index in [1.165, 1.54) is 11.3 Å². The summed E-state index contributed by atoms with van der Waals surface area (Å²) in [5, 5.41) is 6.47. The van der Waals surface area contributed by atoms with Gasteiger partial charge in [0, 0.05) is 43.5 Å². The predicted octanol–water partition coefficient (Wildman–Crippen LogP) is 1.03. The van der Waals surface area contributed by atoms with E-state index >= 15 is 0 Å². The fourth-order valence-electron chi connectivity index (χ4n) is 2.23. The molecule has 20 heavy (non-hydrogen) atoms. The molecule has 0 unspecified atom stereocenters. The molecule has 0 saturated carbocycles. The highest BCUT2D eigenvalue weighted by atomic mass is 32.1. The summed E-state index contributed by atoms with van der Waals surface area (Å²) in [5.41, 5.74) is 0.666. The highest BCUT2D eigenvalue weighted by molar-refractivity contribution is 7.08. The lowest BCUT2D eigenvalue weighted by atomic mass is 10.3. The van der Waals surface area contributed by atoms with Crippen molar-refractivity contribution in [3.05, 3.63) is 22.4 Å². The van der Waals surface area contributed by atoms with Gasteiger partial charge >= 0.3 is 0 Å². The van der Waals surface area contributed by atoms with Crippen LogP contribution in [0.25, 0.3) is 0 Å². The van der Waals surface area contributed by atoms with Crippen LogP contribution in [0.1, 0.15) is 23.2 Å². The van der Waals surface area contributed by atoms with Crippen LogP contribution in [0.5, 0.6) is 0 Å². The molecule has 2 rings (SSSR count). The van der Waals surface area contributed by atoms with Crippen LogP contribution < -0.4 is 5.32 Å². The Hall–Kier alpha value is -1.40. The predicted molar refractivity (Wildman–Crippen MR) is 80.0 cm³/mol. The Balaban J connectivity index is 1.71. The molecule has 0 spiro atoms. The summed E-state index contributed by atoms with van der Waals surface area (Å²) in [6, 6.07) is 1.78. The van der Waals surface area contributed by atoms with E-state index < -0.39 is 0 Å². The first kappa shape index (κ1) is 15.0. The van der Waals surface area contributed by atoms with Crippen LogP contribution in [0.2, 0.25) is 0 Å². The molecule has 6 heteroatoms. The molecule has 2 amide bonds. The van der Waals surface area contributed by atoms with E-state index in [0.29, 0.717) is 18.5 Å². The number of likely N-dealkylation sites (N-methyl/N-ethyl adjacent to an activating group) is 1. The first-order chi connectivity index (χ1) is 9.66. The van der Waals surface area contributed by atoms with Gasteiger partial charge in [-0.25, -0.2) is 0 Å². The van der Waals surface area contributed by atoms with Crippen LogP contribution in [0, 0.1) is 0 Å². The van der Waals surface area contributed by atoms with Crippen molar-refractivity contribution in [1.82, 2.24) is 15.1 Å². The maximum Gasteiger partial charge on any atom is 0.252 e. The Bertz CT molecular complexity index is 447. The molecule has 5 nitrogen and oxygen atoms in total. The first-order valence-corrected chi connectivity index (χ1v) is 7.88. The normalized spacial score (nSPS) is 16.8. The number of rotatable bonds is 4. The molecular formula is C14H21N3O2S. The summed E-state index contributed by atoms with van der Waals surface area (Å²) >= 11 is 1.49. The Labute approximate surface area is 123 Å². The summed E-state index contributed by atoms with van der Waals surface area (Å²) in [5.74, 6) is 0.0283. The van der Waals surface area contributed by atoms with Gasteiger partial charge in [0.1, 0.15) is 0 Å². The highest BCUT2D eigenvalue weighted by Crippen LogP contribution is 2.06. The molecule has 1 saturated heterocycles. The number of carbonyl (C=O) groups excluding carboxylic acids is 2. The fourth-order valence-corrected chi connectivity index (χ4v) is 2.87. The molecule has 0 radical (unpaired) electrons. The van der Waals surface area contributed by atoms with E-state index in [9.17, 15) is 9.59 Å². The molecule has 0 atom stereocenters. The molecule has 0 aliphatic carbocycles. The molecule has 0 bridgehead atoms. The van der Waals surface area contributed by atoms with Crippen LogP contribution >= 0.6 is 11.3 Å². The highest BCUT2D eigenvalue weighted by Gasteiger charge is 2.17. The van der Waals surface area contributed by atoms with E-state index in [1.54, 1.807) is 6.07 Å². The first-order valence-electron chi connectivity index (χ1n) is 6.93. The lowest BCUT2D eigenvalue weighted by Crippen LogP contribution is -2.36. The Morgan fingerprint density at radius 2 is 2.15 bits per heavy atom. The topological polar surface area (TPSA) is 52.6 Å². The Kier molecular flexibility index (Phi) is 5.55. The summed E-state index contributed by atoms with van der Waals surface area (Å²) in [7, 11) is 2.08. The zero-order valence-electron chi connectivity index (χ0n) is 11.8. The number of carbonyl (C=O) groups is 2. The van der Waals surface area contributed by atoms with Crippen molar-refractivity contribution in [2.45, 2.75) is 12.8 Å². The molecule has 0 aromatic carbocycles. The second-order valence-corrected chi connectivity index (χ2v) is 5.84. The average molecular weight is 295 g/mol. The standard InChI is InChI=1S/C14H21N3O2S/c1-16-6-2-7-17(9-8-16)13(18)3-5-15-14(19)12-4-10-20-11-12/h4,10-11H,2-3,5-9H2,1H3,(H,15,19). The molecule has 1 aliphatic heterocycles.